The van der Waals surface area contributed by atoms with Crippen LogP contribution in [0.3, 0.4) is 0 Å². The monoisotopic (exact) mass is 227 g/mol. The lowest BCUT2D eigenvalue weighted by Crippen LogP contribution is -2.17. The number of rotatable bonds is 2. The highest BCUT2D eigenvalue weighted by Gasteiger charge is 2.17. The van der Waals surface area contributed by atoms with Crippen LogP contribution in [-0.2, 0) is 0 Å². The second-order valence-corrected chi connectivity index (χ2v) is 3.94. The van der Waals surface area contributed by atoms with Crippen molar-refractivity contribution in [3.8, 4) is 11.5 Å². The number of nitrogens with two attached hydrogens (primary N) is 1. The number of ether oxygens (including phenoxy) is 2. The van der Waals surface area contributed by atoms with Gasteiger partial charge in [-0.25, -0.2) is 0 Å². The van der Waals surface area contributed by atoms with Gasteiger partial charge in [0.1, 0.15) is 13.2 Å². The van der Waals surface area contributed by atoms with Crippen molar-refractivity contribution < 1.29 is 9.47 Å². The van der Waals surface area contributed by atoms with Crippen molar-refractivity contribution in [2.75, 3.05) is 13.2 Å². The van der Waals surface area contributed by atoms with Crippen molar-refractivity contribution in [1.29, 1.82) is 0 Å². The third kappa shape index (κ3) is 2.03. The molecular formula is C11H14ClNO2. The Morgan fingerprint density at radius 1 is 1.33 bits per heavy atom. The van der Waals surface area contributed by atoms with Gasteiger partial charge in [-0.05, 0) is 18.1 Å². The molecule has 0 fully saturated rings. The molecule has 0 saturated carbocycles. The van der Waals surface area contributed by atoms with Crippen molar-refractivity contribution in [1.82, 2.24) is 0 Å². The van der Waals surface area contributed by atoms with Gasteiger partial charge in [0, 0.05) is 17.1 Å². The van der Waals surface area contributed by atoms with Crippen molar-refractivity contribution in [2.45, 2.75) is 19.4 Å². The molecule has 0 bridgehead atoms. The van der Waals surface area contributed by atoms with Gasteiger partial charge in [-0.1, -0.05) is 18.5 Å². The molecule has 0 saturated heterocycles. The lowest BCUT2D eigenvalue weighted by molar-refractivity contribution is 0.171. The van der Waals surface area contributed by atoms with Gasteiger partial charge in [-0.3, -0.25) is 0 Å². The third-order valence-corrected chi connectivity index (χ3v) is 2.83. The fourth-order valence-corrected chi connectivity index (χ4v) is 1.88. The van der Waals surface area contributed by atoms with Crippen LogP contribution >= 0.6 is 11.6 Å². The first-order valence-corrected chi connectivity index (χ1v) is 5.44. The molecule has 1 aliphatic rings. The average molecular weight is 228 g/mol. The van der Waals surface area contributed by atoms with E-state index in [4.69, 9.17) is 26.8 Å². The average Bonchev–Trinajstić information content (AvgIpc) is 2.27. The first-order chi connectivity index (χ1) is 7.22. The van der Waals surface area contributed by atoms with E-state index in [1.54, 1.807) is 6.07 Å². The quantitative estimate of drug-likeness (QED) is 0.845. The minimum Gasteiger partial charge on any atom is -0.486 e. The molecule has 2 rings (SSSR count). The zero-order valence-corrected chi connectivity index (χ0v) is 9.38. The minimum atomic E-state index is -0.0478. The largest absolute Gasteiger partial charge is 0.486 e. The molecule has 1 atom stereocenters. The maximum atomic E-state index is 6.12. The summed E-state index contributed by atoms with van der Waals surface area (Å²) in [4.78, 5) is 0. The summed E-state index contributed by atoms with van der Waals surface area (Å²) < 4.78 is 10.9. The van der Waals surface area contributed by atoms with Gasteiger partial charge >= 0.3 is 0 Å². The number of halogens is 1. The Morgan fingerprint density at radius 2 is 1.93 bits per heavy atom. The summed E-state index contributed by atoms with van der Waals surface area (Å²) in [6, 6.07) is 3.61. The summed E-state index contributed by atoms with van der Waals surface area (Å²) in [5.74, 6) is 1.45. The molecule has 0 radical (unpaired) electrons. The molecule has 1 heterocycles. The maximum Gasteiger partial charge on any atom is 0.162 e. The Bertz CT molecular complexity index is 368. The van der Waals surface area contributed by atoms with Gasteiger partial charge in [-0.15, -0.1) is 0 Å². The van der Waals surface area contributed by atoms with Crippen LogP contribution in [0.15, 0.2) is 12.1 Å². The normalized spacial score (nSPS) is 16.2. The van der Waals surface area contributed by atoms with Crippen molar-refractivity contribution in [3.05, 3.63) is 22.7 Å². The lowest BCUT2D eigenvalue weighted by Gasteiger charge is -2.21. The second kappa shape index (κ2) is 4.29. The third-order valence-electron chi connectivity index (χ3n) is 2.50. The summed E-state index contributed by atoms with van der Waals surface area (Å²) in [6.07, 6.45) is 0.847. The minimum absolute atomic E-state index is 0.0478. The molecule has 15 heavy (non-hydrogen) atoms. The van der Waals surface area contributed by atoms with E-state index in [1.807, 2.05) is 13.0 Å². The SMILES string of the molecule is CC[C@H](N)c1cc2c(cc1Cl)OCCO2. The summed E-state index contributed by atoms with van der Waals surface area (Å²) in [6.45, 7) is 3.18. The smallest absolute Gasteiger partial charge is 0.162 e. The van der Waals surface area contributed by atoms with Crippen molar-refractivity contribution >= 4 is 11.6 Å². The molecule has 82 valence electrons. The van der Waals surface area contributed by atoms with E-state index in [1.165, 1.54) is 0 Å². The second-order valence-electron chi connectivity index (χ2n) is 3.53. The fourth-order valence-electron chi connectivity index (χ4n) is 1.58. The molecule has 0 aromatic heterocycles. The highest BCUT2D eigenvalue weighted by molar-refractivity contribution is 6.31. The molecule has 4 heteroatoms. The van der Waals surface area contributed by atoms with Crippen LogP contribution in [0, 0.1) is 0 Å². The highest BCUT2D eigenvalue weighted by Crippen LogP contribution is 2.37. The van der Waals surface area contributed by atoms with E-state index in [0.717, 1.165) is 17.7 Å². The standard InChI is InChI=1S/C11H14ClNO2/c1-2-9(13)7-5-10-11(6-8(7)12)15-4-3-14-10/h5-6,9H,2-4,13H2,1H3/t9-/m0/s1. The van der Waals surface area contributed by atoms with Crippen LogP contribution in [0.4, 0.5) is 0 Å². The lowest BCUT2D eigenvalue weighted by atomic mass is 10.0. The van der Waals surface area contributed by atoms with Crippen LogP contribution in [0.2, 0.25) is 5.02 Å². The van der Waals surface area contributed by atoms with Crippen LogP contribution in [-0.4, -0.2) is 13.2 Å². The topological polar surface area (TPSA) is 44.5 Å². The van der Waals surface area contributed by atoms with Gasteiger partial charge in [0.05, 0.1) is 0 Å². The maximum absolute atomic E-state index is 6.12. The predicted molar refractivity (Wildman–Crippen MR) is 59.7 cm³/mol. The highest BCUT2D eigenvalue weighted by atomic mass is 35.5. The van der Waals surface area contributed by atoms with Crippen LogP contribution in [0.1, 0.15) is 24.9 Å². The first-order valence-electron chi connectivity index (χ1n) is 5.07. The molecule has 0 spiro atoms. The molecular weight excluding hydrogens is 214 g/mol. The zero-order valence-electron chi connectivity index (χ0n) is 8.63. The number of benzene rings is 1. The molecule has 0 aliphatic carbocycles. The fraction of sp³-hybridized carbons (Fsp3) is 0.455. The van der Waals surface area contributed by atoms with Gasteiger partial charge in [0.15, 0.2) is 11.5 Å². The zero-order chi connectivity index (χ0) is 10.8. The van der Waals surface area contributed by atoms with E-state index in [0.29, 0.717) is 24.0 Å². The molecule has 1 aromatic rings. The Labute approximate surface area is 94.1 Å². The number of hydrogen-bond donors (Lipinski definition) is 1. The Kier molecular flexibility index (Phi) is 3.03. The van der Waals surface area contributed by atoms with E-state index in [-0.39, 0.29) is 6.04 Å². The predicted octanol–water partition coefficient (Wildman–Crippen LogP) is 2.52. The molecule has 2 N–H and O–H groups in total. The summed E-state index contributed by atoms with van der Waals surface area (Å²) >= 11 is 6.12. The van der Waals surface area contributed by atoms with Crippen LogP contribution < -0.4 is 15.2 Å². The van der Waals surface area contributed by atoms with E-state index < -0.39 is 0 Å². The van der Waals surface area contributed by atoms with E-state index in [9.17, 15) is 0 Å². The van der Waals surface area contributed by atoms with E-state index >= 15 is 0 Å². The van der Waals surface area contributed by atoms with Crippen LogP contribution in [0.5, 0.6) is 11.5 Å². The van der Waals surface area contributed by atoms with Gasteiger partial charge in [0.25, 0.3) is 0 Å². The summed E-state index contributed by atoms with van der Waals surface area (Å²) in [5.41, 5.74) is 6.87. The number of fused-ring (bicyclic) bond motifs is 1. The molecule has 0 unspecified atom stereocenters. The first kappa shape index (κ1) is 10.6. The van der Waals surface area contributed by atoms with Crippen molar-refractivity contribution in [2.24, 2.45) is 5.73 Å². The Hall–Kier alpha value is -0.930. The molecule has 0 amide bonds. The van der Waals surface area contributed by atoms with Gasteiger partial charge in [0.2, 0.25) is 0 Å². The summed E-state index contributed by atoms with van der Waals surface area (Å²) in [5, 5.41) is 0.647. The molecule has 3 nitrogen and oxygen atoms in total. The van der Waals surface area contributed by atoms with E-state index in [2.05, 4.69) is 0 Å². The molecule has 1 aliphatic heterocycles. The number of hydrogen-bond acceptors (Lipinski definition) is 3. The van der Waals surface area contributed by atoms with Crippen LogP contribution in [0.25, 0.3) is 0 Å². The summed E-state index contributed by atoms with van der Waals surface area (Å²) in [7, 11) is 0. The Morgan fingerprint density at radius 3 is 2.53 bits per heavy atom. The Balaban J connectivity index is 2.40. The van der Waals surface area contributed by atoms with Gasteiger partial charge in [-0.2, -0.15) is 0 Å². The van der Waals surface area contributed by atoms with Gasteiger partial charge < -0.3 is 15.2 Å². The molecule has 1 aromatic carbocycles. The van der Waals surface area contributed by atoms with Crippen molar-refractivity contribution in [3.63, 3.8) is 0 Å².